The first-order chi connectivity index (χ1) is 3.63. The van der Waals surface area contributed by atoms with Crippen LogP contribution in [0.25, 0.3) is 0 Å². The Labute approximate surface area is 77.2 Å². The zero-order valence-corrected chi connectivity index (χ0v) is 7.94. The van der Waals surface area contributed by atoms with E-state index < -0.39 is 5.97 Å². The molecule has 9 heavy (non-hydrogen) atoms. The summed E-state index contributed by atoms with van der Waals surface area (Å²) in [7, 11) is 0. The molecule has 0 atom stereocenters. The Morgan fingerprint density at radius 2 is 2.00 bits per heavy atom. The number of carboxylic acid groups (broad SMARTS) is 1. The molecule has 0 heterocycles. The van der Waals surface area contributed by atoms with Crippen molar-refractivity contribution in [1.82, 2.24) is 0 Å². The standard InChI is InChI=1S/C6H10O2.Na/c1-5(2)3-4-6(7)8;/h1,3-4H2,2H3,(H,7,8);/q;+1/p-1. The average Bonchev–Trinajstić information content (AvgIpc) is 1.61. The van der Waals surface area contributed by atoms with E-state index in [4.69, 9.17) is 0 Å². The summed E-state index contributed by atoms with van der Waals surface area (Å²) >= 11 is 0. The Morgan fingerprint density at radius 1 is 1.56 bits per heavy atom. The number of carbonyl (C=O) groups is 1. The van der Waals surface area contributed by atoms with Gasteiger partial charge in [0.05, 0.1) is 0 Å². The molecule has 0 aliphatic carbocycles. The van der Waals surface area contributed by atoms with Gasteiger partial charge in [-0.05, 0) is 19.8 Å². The molecule has 0 fully saturated rings. The Kier molecular flexibility index (Phi) is 8.40. The average molecular weight is 136 g/mol. The van der Waals surface area contributed by atoms with E-state index in [2.05, 4.69) is 6.58 Å². The fraction of sp³-hybridized carbons (Fsp3) is 0.500. The Bertz CT molecular complexity index is 95.6. The Morgan fingerprint density at radius 3 is 2.11 bits per heavy atom. The summed E-state index contributed by atoms with van der Waals surface area (Å²) in [6.45, 7) is 5.33. The second-order valence-electron chi connectivity index (χ2n) is 1.83. The first-order valence-electron chi connectivity index (χ1n) is 2.47. The predicted molar refractivity (Wildman–Crippen MR) is 29.1 cm³/mol. The largest absolute Gasteiger partial charge is 1.00 e. The van der Waals surface area contributed by atoms with E-state index in [1.54, 1.807) is 6.92 Å². The third-order valence-electron chi connectivity index (χ3n) is 0.756. The van der Waals surface area contributed by atoms with Gasteiger partial charge in [0.2, 0.25) is 0 Å². The molecule has 0 aromatic heterocycles. The van der Waals surface area contributed by atoms with Gasteiger partial charge in [-0.25, -0.2) is 0 Å². The third kappa shape index (κ3) is 11.7. The molecule has 0 amide bonds. The smallest absolute Gasteiger partial charge is 0.550 e. The fourth-order valence-corrected chi connectivity index (χ4v) is 0.315. The first kappa shape index (κ1) is 11.9. The summed E-state index contributed by atoms with van der Waals surface area (Å²) in [5.74, 6) is -1.01. The fourth-order valence-electron chi connectivity index (χ4n) is 0.315. The van der Waals surface area contributed by atoms with Crippen molar-refractivity contribution in [2.45, 2.75) is 19.8 Å². The van der Waals surface area contributed by atoms with Gasteiger partial charge in [0.15, 0.2) is 0 Å². The van der Waals surface area contributed by atoms with Crippen LogP contribution in [0, 0.1) is 0 Å². The van der Waals surface area contributed by atoms with Gasteiger partial charge < -0.3 is 9.90 Å². The van der Waals surface area contributed by atoms with Gasteiger partial charge in [0, 0.05) is 5.97 Å². The summed E-state index contributed by atoms with van der Waals surface area (Å²) < 4.78 is 0. The van der Waals surface area contributed by atoms with Crippen molar-refractivity contribution in [3.63, 3.8) is 0 Å². The number of carboxylic acids is 1. The molecule has 0 radical (unpaired) electrons. The maximum absolute atomic E-state index is 9.75. The summed E-state index contributed by atoms with van der Waals surface area (Å²) in [5.41, 5.74) is 0.884. The first-order valence-corrected chi connectivity index (χ1v) is 2.47. The molecule has 0 aliphatic heterocycles. The summed E-state index contributed by atoms with van der Waals surface area (Å²) in [5, 5.41) is 9.75. The molecule has 2 nitrogen and oxygen atoms in total. The molecule has 0 aromatic carbocycles. The second-order valence-corrected chi connectivity index (χ2v) is 1.83. The van der Waals surface area contributed by atoms with Crippen LogP contribution in [0.1, 0.15) is 19.8 Å². The maximum atomic E-state index is 9.75. The molecule has 46 valence electrons. The molecule has 0 unspecified atom stereocenters. The van der Waals surface area contributed by atoms with Crippen LogP contribution in [0.2, 0.25) is 0 Å². The van der Waals surface area contributed by atoms with Gasteiger partial charge in [-0.1, -0.05) is 5.57 Å². The minimum atomic E-state index is -1.01. The van der Waals surface area contributed by atoms with Crippen molar-refractivity contribution in [2.75, 3.05) is 0 Å². The molecule has 0 aliphatic rings. The van der Waals surface area contributed by atoms with Gasteiger partial charge in [-0.2, -0.15) is 0 Å². The molecule has 3 heteroatoms. The van der Waals surface area contributed by atoms with Crippen molar-refractivity contribution >= 4 is 5.97 Å². The quantitative estimate of drug-likeness (QED) is 0.308. The van der Waals surface area contributed by atoms with Crippen LogP contribution >= 0.6 is 0 Å². The molecule has 0 bridgehead atoms. The number of aliphatic carboxylic acids is 1. The molecule has 0 saturated carbocycles. The zero-order chi connectivity index (χ0) is 6.57. The van der Waals surface area contributed by atoms with Crippen LogP contribution in [0.4, 0.5) is 0 Å². The molecular formula is C6H9NaO2. The molecule has 0 N–H and O–H groups in total. The number of hydrogen-bond acceptors (Lipinski definition) is 2. The molecule has 0 aromatic rings. The summed E-state index contributed by atoms with van der Waals surface area (Å²) in [4.78, 5) is 9.75. The maximum Gasteiger partial charge on any atom is 1.00 e. The minimum absolute atomic E-state index is 0. The third-order valence-corrected chi connectivity index (χ3v) is 0.756. The van der Waals surface area contributed by atoms with E-state index in [0.29, 0.717) is 6.42 Å². The van der Waals surface area contributed by atoms with Crippen LogP contribution in [-0.4, -0.2) is 5.97 Å². The van der Waals surface area contributed by atoms with E-state index in [0.717, 1.165) is 5.57 Å². The van der Waals surface area contributed by atoms with Gasteiger partial charge in [0.25, 0.3) is 0 Å². The van der Waals surface area contributed by atoms with E-state index in [9.17, 15) is 9.90 Å². The van der Waals surface area contributed by atoms with Gasteiger partial charge in [-0.15, -0.1) is 6.58 Å². The normalized spacial score (nSPS) is 7.67. The van der Waals surface area contributed by atoms with Crippen LogP contribution in [0.5, 0.6) is 0 Å². The molecule has 0 spiro atoms. The topological polar surface area (TPSA) is 40.1 Å². The number of rotatable bonds is 3. The van der Waals surface area contributed by atoms with E-state index in [1.165, 1.54) is 0 Å². The van der Waals surface area contributed by atoms with Gasteiger partial charge >= 0.3 is 29.6 Å². The van der Waals surface area contributed by atoms with Gasteiger partial charge in [-0.3, -0.25) is 0 Å². The second kappa shape index (κ2) is 6.33. The molecule has 0 rings (SSSR count). The molecule has 0 saturated heterocycles. The van der Waals surface area contributed by atoms with E-state index in [-0.39, 0.29) is 36.0 Å². The van der Waals surface area contributed by atoms with Crippen LogP contribution < -0.4 is 34.7 Å². The Balaban J connectivity index is 0. The van der Waals surface area contributed by atoms with Crippen molar-refractivity contribution in [3.05, 3.63) is 12.2 Å². The SMILES string of the molecule is C=C(C)CCC(=O)[O-].[Na+]. The van der Waals surface area contributed by atoms with Crippen LogP contribution in [0.15, 0.2) is 12.2 Å². The van der Waals surface area contributed by atoms with Crippen LogP contribution in [-0.2, 0) is 4.79 Å². The monoisotopic (exact) mass is 136 g/mol. The van der Waals surface area contributed by atoms with Gasteiger partial charge in [0.1, 0.15) is 0 Å². The summed E-state index contributed by atoms with van der Waals surface area (Å²) in [6.07, 6.45) is 0.623. The number of hydrogen-bond donors (Lipinski definition) is 0. The van der Waals surface area contributed by atoms with Crippen molar-refractivity contribution in [3.8, 4) is 0 Å². The van der Waals surface area contributed by atoms with E-state index in [1.807, 2.05) is 0 Å². The Hall–Kier alpha value is 0.210. The van der Waals surface area contributed by atoms with Crippen molar-refractivity contribution < 1.29 is 39.5 Å². The zero-order valence-electron chi connectivity index (χ0n) is 5.94. The number of carbonyl (C=O) groups excluding carboxylic acids is 1. The predicted octanol–water partition coefficient (Wildman–Crippen LogP) is -2.90. The minimum Gasteiger partial charge on any atom is -0.550 e. The van der Waals surface area contributed by atoms with Crippen molar-refractivity contribution in [2.24, 2.45) is 0 Å². The van der Waals surface area contributed by atoms with E-state index >= 15 is 0 Å². The summed E-state index contributed by atoms with van der Waals surface area (Å²) in [6, 6.07) is 0. The van der Waals surface area contributed by atoms with Crippen molar-refractivity contribution in [1.29, 1.82) is 0 Å². The van der Waals surface area contributed by atoms with Crippen LogP contribution in [0.3, 0.4) is 0 Å². The number of allylic oxidation sites excluding steroid dienone is 1. The molecular weight excluding hydrogens is 127 g/mol.